The van der Waals surface area contributed by atoms with Gasteiger partial charge in [-0.1, -0.05) is 36.4 Å². The summed E-state index contributed by atoms with van der Waals surface area (Å²) in [7, 11) is -3.88. The zero-order valence-corrected chi connectivity index (χ0v) is 15.7. The van der Waals surface area contributed by atoms with Gasteiger partial charge in [0.25, 0.3) is 10.0 Å². The van der Waals surface area contributed by atoms with Gasteiger partial charge in [0.05, 0.1) is 4.92 Å². The minimum Gasteiger partial charge on any atom is -0.375 e. The van der Waals surface area contributed by atoms with E-state index in [1.807, 2.05) is 30.3 Å². The second-order valence-electron chi connectivity index (χ2n) is 6.01. The molecule has 2 heterocycles. The fraction of sp³-hybridized carbons (Fsp3) is 0.111. The van der Waals surface area contributed by atoms with E-state index in [0.29, 0.717) is 22.5 Å². The molecule has 0 fully saturated rings. The minimum absolute atomic E-state index is 0.154. The molecular formula is C18H17N5O4S. The molecule has 0 bridgehead atoms. The van der Waals surface area contributed by atoms with Gasteiger partial charge in [-0.15, -0.1) is 0 Å². The molecule has 9 nitrogen and oxygen atoms in total. The van der Waals surface area contributed by atoms with Crippen LogP contribution in [-0.4, -0.2) is 23.3 Å². The van der Waals surface area contributed by atoms with Crippen LogP contribution in [0.5, 0.6) is 0 Å². The van der Waals surface area contributed by atoms with Crippen LogP contribution in [0, 0.1) is 17.0 Å². The van der Waals surface area contributed by atoms with Gasteiger partial charge in [-0.25, -0.2) is 18.5 Å². The van der Waals surface area contributed by atoms with Crippen molar-refractivity contribution < 1.29 is 13.3 Å². The molecule has 2 aromatic heterocycles. The fourth-order valence-corrected chi connectivity index (χ4v) is 3.20. The Bertz CT molecular complexity index is 1120. The largest absolute Gasteiger partial charge is 0.375 e. The first-order valence-electron chi connectivity index (χ1n) is 8.18. The minimum atomic E-state index is -3.88. The fourth-order valence-electron chi connectivity index (χ4n) is 2.75. The third kappa shape index (κ3) is 4.13. The number of nitrogens with zero attached hydrogens (tertiary/aromatic N) is 3. The van der Waals surface area contributed by atoms with Gasteiger partial charge in [0, 0.05) is 24.0 Å². The van der Waals surface area contributed by atoms with Crippen molar-refractivity contribution in [2.45, 2.75) is 18.5 Å². The maximum atomic E-state index is 11.5. The molecular weight excluding hydrogens is 382 g/mol. The summed E-state index contributed by atoms with van der Waals surface area (Å²) in [5, 5.41) is 19.4. The number of hydrogen-bond acceptors (Lipinski definition) is 7. The first-order valence-corrected chi connectivity index (χ1v) is 9.73. The highest BCUT2D eigenvalue weighted by Crippen LogP contribution is 2.37. The molecule has 0 aliphatic carbocycles. The molecule has 0 saturated carbocycles. The summed E-state index contributed by atoms with van der Waals surface area (Å²) in [5.74, 6) is 0. The Hall–Kier alpha value is -3.37. The smallest absolute Gasteiger partial charge is 0.311 e. The lowest BCUT2D eigenvalue weighted by molar-refractivity contribution is -0.384. The maximum Gasteiger partial charge on any atom is 0.311 e. The molecule has 0 aliphatic rings. The van der Waals surface area contributed by atoms with E-state index in [4.69, 9.17) is 5.14 Å². The van der Waals surface area contributed by atoms with Crippen LogP contribution in [0.3, 0.4) is 0 Å². The molecule has 0 aliphatic heterocycles. The third-order valence-electron chi connectivity index (χ3n) is 4.07. The number of hydrogen-bond donors (Lipinski definition) is 2. The highest BCUT2D eigenvalue weighted by atomic mass is 32.2. The van der Waals surface area contributed by atoms with Crippen LogP contribution in [-0.2, 0) is 16.6 Å². The number of aromatic nitrogens is 2. The average Bonchev–Trinajstić information content (AvgIpc) is 2.66. The monoisotopic (exact) mass is 399 g/mol. The average molecular weight is 399 g/mol. The van der Waals surface area contributed by atoms with Crippen molar-refractivity contribution in [3.05, 3.63) is 76.2 Å². The van der Waals surface area contributed by atoms with Gasteiger partial charge in [0.1, 0.15) is 11.9 Å². The van der Waals surface area contributed by atoms with E-state index in [9.17, 15) is 18.5 Å². The Morgan fingerprint density at radius 1 is 1.11 bits per heavy atom. The quantitative estimate of drug-likeness (QED) is 0.479. The number of anilines is 1. The van der Waals surface area contributed by atoms with E-state index in [2.05, 4.69) is 15.3 Å². The summed E-state index contributed by atoms with van der Waals surface area (Å²) in [4.78, 5) is 19.0. The molecule has 28 heavy (non-hydrogen) atoms. The van der Waals surface area contributed by atoms with Crippen molar-refractivity contribution in [3.63, 3.8) is 0 Å². The lowest BCUT2D eigenvalue weighted by Gasteiger charge is -2.14. The van der Waals surface area contributed by atoms with Gasteiger partial charge in [-0.2, -0.15) is 0 Å². The van der Waals surface area contributed by atoms with E-state index >= 15 is 0 Å². The summed E-state index contributed by atoms with van der Waals surface area (Å²) < 4.78 is 22.6. The lowest BCUT2D eigenvalue weighted by Crippen LogP contribution is -2.14. The number of benzene rings is 1. The Morgan fingerprint density at radius 2 is 1.82 bits per heavy atom. The lowest BCUT2D eigenvalue weighted by atomic mass is 10.0. The molecule has 1 aromatic carbocycles. The first kappa shape index (κ1) is 19.4. The number of sulfonamides is 1. The molecule has 0 unspecified atom stereocenters. The van der Waals surface area contributed by atoms with Crippen LogP contribution in [0.1, 0.15) is 11.3 Å². The van der Waals surface area contributed by atoms with E-state index < -0.39 is 14.9 Å². The van der Waals surface area contributed by atoms with Crippen molar-refractivity contribution in [1.82, 2.24) is 9.97 Å². The van der Waals surface area contributed by atoms with Crippen molar-refractivity contribution in [2.75, 3.05) is 5.32 Å². The van der Waals surface area contributed by atoms with E-state index in [0.717, 1.165) is 5.56 Å². The Kier molecular flexibility index (Phi) is 5.34. The van der Waals surface area contributed by atoms with Gasteiger partial charge in [-0.05, 0) is 24.1 Å². The second kappa shape index (κ2) is 7.71. The predicted octanol–water partition coefficient (Wildman–Crippen LogP) is 2.62. The highest BCUT2D eigenvalue weighted by Gasteiger charge is 2.21. The zero-order valence-electron chi connectivity index (χ0n) is 14.9. The predicted molar refractivity (Wildman–Crippen MR) is 104 cm³/mol. The van der Waals surface area contributed by atoms with Crippen molar-refractivity contribution in [3.8, 4) is 11.1 Å². The number of nitrogens with one attached hydrogen (secondary N) is 1. The van der Waals surface area contributed by atoms with Crippen LogP contribution >= 0.6 is 0 Å². The van der Waals surface area contributed by atoms with E-state index in [1.54, 1.807) is 13.0 Å². The molecule has 10 heteroatoms. The number of primary sulfonamides is 1. The van der Waals surface area contributed by atoms with Gasteiger partial charge < -0.3 is 5.32 Å². The first-order chi connectivity index (χ1) is 13.3. The molecule has 3 rings (SSSR count). The third-order valence-corrected chi connectivity index (χ3v) is 4.89. The maximum absolute atomic E-state index is 11.5. The normalized spacial score (nSPS) is 11.2. The number of pyridine rings is 2. The number of nitro groups is 1. The Morgan fingerprint density at radius 3 is 2.39 bits per heavy atom. The van der Waals surface area contributed by atoms with Gasteiger partial charge in [0.15, 0.2) is 5.03 Å². The summed E-state index contributed by atoms with van der Waals surface area (Å²) in [6, 6.07) is 12.1. The molecule has 3 aromatic rings. The zero-order chi connectivity index (χ0) is 20.3. The topological polar surface area (TPSA) is 141 Å². The molecule has 0 radical (unpaired) electrons. The SMILES string of the molecule is Cc1ncc([N+](=O)[O-])c(NCc2ccc(S(N)(=O)=O)nc2)c1-c1ccccc1. The Labute approximate surface area is 161 Å². The standard InChI is InChI=1S/C18H17N5O4S/c1-12-17(14-5-3-2-4-6-14)18(15(11-20-12)23(24)25)22-10-13-7-8-16(21-9-13)28(19,26)27/h2-9,11H,10H2,1H3,(H,20,22)(H2,19,26,27). The highest BCUT2D eigenvalue weighted by molar-refractivity contribution is 7.89. The van der Waals surface area contributed by atoms with Gasteiger partial charge in [0.2, 0.25) is 0 Å². The summed E-state index contributed by atoms with van der Waals surface area (Å²) in [5.41, 5.74) is 2.88. The molecule has 0 spiro atoms. The van der Waals surface area contributed by atoms with Crippen molar-refractivity contribution in [2.24, 2.45) is 5.14 Å². The molecule has 0 atom stereocenters. The summed E-state index contributed by atoms with van der Waals surface area (Å²) in [6.45, 7) is 1.97. The van der Waals surface area contributed by atoms with Crippen LogP contribution in [0.15, 0.2) is 59.9 Å². The van der Waals surface area contributed by atoms with Crippen LogP contribution in [0.4, 0.5) is 11.4 Å². The van der Waals surface area contributed by atoms with Crippen molar-refractivity contribution >= 4 is 21.4 Å². The summed E-state index contributed by atoms with van der Waals surface area (Å²) >= 11 is 0. The van der Waals surface area contributed by atoms with Crippen LogP contribution < -0.4 is 10.5 Å². The number of nitrogens with two attached hydrogens (primary N) is 1. The van der Waals surface area contributed by atoms with Gasteiger partial charge >= 0.3 is 5.69 Å². The number of aryl methyl sites for hydroxylation is 1. The molecule has 0 saturated heterocycles. The van der Waals surface area contributed by atoms with Crippen LogP contribution in [0.25, 0.3) is 11.1 Å². The van der Waals surface area contributed by atoms with Crippen LogP contribution in [0.2, 0.25) is 0 Å². The molecule has 0 amide bonds. The molecule has 3 N–H and O–H groups in total. The second-order valence-corrected chi connectivity index (χ2v) is 7.51. The molecule has 144 valence electrons. The Balaban J connectivity index is 1.99. The van der Waals surface area contributed by atoms with Crippen molar-refractivity contribution in [1.29, 1.82) is 0 Å². The van der Waals surface area contributed by atoms with Gasteiger partial charge in [-0.3, -0.25) is 15.1 Å². The van der Waals surface area contributed by atoms with E-state index in [1.165, 1.54) is 18.5 Å². The number of rotatable bonds is 6. The van der Waals surface area contributed by atoms with E-state index in [-0.39, 0.29) is 17.3 Å². The summed E-state index contributed by atoms with van der Waals surface area (Å²) in [6.07, 6.45) is 2.57.